The van der Waals surface area contributed by atoms with Crippen LogP contribution in [0.4, 0.5) is 0 Å². The Hall–Kier alpha value is -2.17. The van der Waals surface area contributed by atoms with Crippen LogP contribution in [0.5, 0.6) is 0 Å². The molecule has 3 nitrogen and oxygen atoms in total. The number of rotatable bonds is 3. The van der Waals surface area contributed by atoms with E-state index in [4.69, 9.17) is 5.73 Å². The Balaban J connectivity index is 1.87. The maximum Gasteiger partial charge on any atom is 0.0686 e. The smallest absolute Gasteiger partial charge is 0.0686 e. The molecule has 0 bridgehead atoms. The third-order valence-corrected chi connectivity index (χ3v) is 5.06. The van der Waals surface area contributed by atoms with Gasteiger partial charge in [-0.05, 0) is 23.1 Å². The van der Waals surface area contributed by atoms with Gasteiger partial charge in [-0.3, -0.25) is 4.68 Å². The van der Waals surface area contributed by atoms with E-state index >= 15 is 0 Å². The maximum atomic E-state index is 5.94. The molecule has 0 fully saturated rings. The number of hydrogen-bond donors (Lipinski definition) is 1. The molecule has 0 saturated carbocycles. The summed E-state index contributed by atoms with van der Waals surface area (Å²) in [7, 11) is 0. The van der Waals surface area contributed by atoms with E-state index in [2.05, 4.69) is 52.2 Å². The van der Waals surface area contributed by atoms with Crippen LogP contribution in [0.1, 0.15) is 10.4 Å². The summed E-state index contributed by atoms with van der Waals surface area (Å²) < 4.78 is 3.35. The minimum atomic E-state index is 0.577. The van der Waals surface area contributed by atoms with Gasteiger partial charge in [-0.2, -0.15) is 5.10 Å². The molecule has 2 heterocycles. The van der Waals surface area contributed by atoms with Crippen LogP contribution in [0.15, 0.2) is 54.7 Å². The molecule has 0 atom stereocenters. The van der Waals surface area contributed by atoms with Gasteiger partial charge < -0.3 is 5.73 Å². The molecule has 0 unspecified atom stereocenters. The second kappa shape index (κ2) is 4.98. The fourth-order valence-corrected chi connectivity index (χ4v) is 3.88. The van der Waals surface area contributed by atoms with E-state index in [1.54, 1.807) is 11.3 Å². The fraction of sp³-hybridized carbons (Fsp3) is 0.118. The average Bonchev–Trinajstić information content (AvgIpc) is 3.10. The van der Waals surface area contributed by atoms with Crippen molar-refractivity contribution in [1.29, 1.82) is 0 Å². The van der Waals surface area contributed by atoms with Crippen LogP contribution in [0.2, 0.25) is 0 Å². The number of nitrogens with two attached hydrogens (primary N) is 1. The highest BCUT2D eigenvalue weighted by atomic mass is 32.1. The van der Waals surface area contributed by atoms with Gasteiger partial charge in [-0.25, -0.2) is 0 Å². The third kappa shape index (κ3) is 2.04. The second-order valence-corrected chi connectivity index (χ2v) is 6.20. The highest BCUT2D eigenvalue weighted by molar-refractivity contribution is 7.19. The van der Waals surface area contributed by atoms with Gasteiger partial charge >= 0.3 is 0 Å². The number of fused-ring (bicyclic) bond motifs is 2. The van der Waals surface area contributed by atoms with E-state index in [1.807, 2.05) is 12.3 Å². The standard InChI is InChI=1S/C17H15N3S/c18-9-17-14(13-6-2-4-8-16(13)21-17)11-20-15-7-3-1-5-12(15)10-19-20/h1-8,10H,9,11,18H2. The van der Waals surface area contributed by atoms with Crippen LogP contribution >= 0.6 is 11.3 Å². The molecule has 104 valence electrons. The molecule has 0 spiro atoms. The summed E-state index contributed by atoms with van der Waals surface area (Å²) in [6.45, 7) is 1.35. The molecule has 0 amide bonds. The van der Waals surface area contributed by atoms with Gasteiger partial charge in [-0.1, -0.05) is 36.4 Å². The lowest BCUT2D eigenvalue weighted by molar-refractivity contribution is 0.712. The van der Waals surface area contributed by atoms with E-state index in [1.165, 1.54) is 25.9 Å². The lowest BCUT2D eigenvalue weighted by atomic mass is 10.1. The van der Waals surface area contributed by atoms with Gasteiger partial charge in [0.25, 0.3) is 0 Å². The van der Waals surface area contributed by atoms with Crippen molar-refractivity contribution in [2.75, 3.05) is 0 Å². The minimum absolute atomic E-state index is 0.577. The van der Waals surface area contributed by atoms with Crippen LogP contribution in [0.25, 0.3) is 21.0 Å². The van der Waals surface area contributed by atoms with Crippen molar-refractivity contribution >= 4 is 32.3 Å². The SMILES string of the molecule is NCc1sc2ccccc2c1Cn1ncc2ccccc21. The van der Waals surface area contributed by atoms with Gasteiger partial charge in [-0.15, -0.1) is 11.3 Å². The van der Waals surface area contributed by atoms with Gasteiger partial charge in [0.15, 0.2) is 0 Å². The third-order valence-electron chi connectivity index (χ3n) is 3.83. The van der Waals surface area contributed by atoms with E-state index in [0.717, 1.165) is 12.1 Å². The zero-order valence-electron chi connectivity index (χ0n) is 11.5. The van der Waals surface area contributed by atoms with Gasteiger partial charge in [0.1, 0.15) is 0 Å². The number of thiophene rings is 1. The van der Waals surface area contributed by atoms with Crippen molar-refractivity contribution in [3.05, 3.63) is 65.2 Å². The monoisotopic (exact) mass is 293 g/mol. The lowest BCUT2D eigenvalue weighted by Gasteiger charge is -2.05. The second-order valence-electron chi connectivity index (χ2n) is 5.07. The van der Waals surface area contributed by atoms with Crippen LogP contribution in [-0.4, -0.2) is 9.78 Å². The number of para-hydroxylation sites is 1. The molecule has 4 rings (SSSR count). The molecule has 2 aromatic carbocycles. The van der Waals surface area contributed by atoms with Crippen molar-refractivity contribution in [1.82, 2.24) is 9.78 Å². The van der Waals surface area contributed by atoms with Crippen LogP contribution in [0, 0.1) is 0 Å². The molecule has 4 aromatic rings. The zero-order valence-corrected chi connectivity index (χ0v) is 12.3. The first-order valence-electron chi connectivity index (χ1n) is 6.97. The van der Waals surface area contributed by atoms with Crippen LogP contribution in [-0.2, 0) is 13.1 Å². The van der Waals surface area contributed by atoms with Crippen molar-refractivity contribution in [3.63, 3.8) is 0 Å². The highest BCUT2D eigenvalue weighted by Crippen LogP contribution is 2.32. The Morgan fingerprint density at radius 2 is 1.86 bits per heavy atom. The highest BCUT2D eigenvalue weighted by Gasteiger charge is 2.12. The summed E-state index contributed by atoms with van der Waals surface area (Å²) in [4.78, 5) is 1.25. The normalized spacial score (nSPS) is 11.5. The zero-order chi connectivity index (χ0) is 14.2. The average molecular weight is 293 g/mol. The summed E-state index contributed by atoms with van der Waals surface area (Å²) in [5, 5.41) is 7.00. The topological polar surface area (TPSA) is 43.8 Å². The summed E-state index contributed by atoms with van der Waals surface area (Å²) in [6.07, 6.45) is 1.92. The molecule has 0 saturated heterocycles. The number of nitrogens with zero attached hydrogens (tertiary/aromatic N) is 2. The largest absolute Gasteiger partial charge is 0.326 e. The molecule has 4 heteroatoms. The van der Waals surface area contributed by atoms with E-state index in [-0.39, 0.29) is 0 Å². The molecular weight excluding hydrogens is 278 g/mol. The first kappa shape index (κ1) is 12.6. The fourth-order valence-electron chi connectivity index (χ4n) is 2.79. The quantitative estimate of drug-likeness (QED) is 0.625. The minimum Gasteiger partial charge on any atom is -0.326 e. The Kier molecular flexibility index (Phi) is 2.98. The molecule has 0 aliphatic carbocycles. The Morgan fingerprint density at radius 3 is 2.76 bits per heavy atom. The first-order chi connectivity index (χ1) is 10.4. The van der Waals surface area contributed by atoms with Crippen molar-refractivity contribution in [2.45, 2.75) is 13.1 Å². The summed E-state index contributed by atoms with van der Waals surface area (Å²) in [5.74, 6) is 0. The van der Waals surface area contributed by atoms with Gasteiger partial charge in [0, 0.05) is 21.5 Å². The molecular formula is C17H15N3S. The van der Waals surface area contributed by atoms with Crippen LogP contribution < -0.4 is 5.73 Å². The van der Waals surface area contributed by atoms with Crippen molar-refractivity contribution in [3.8, 4) is 0 Å². The molecule has 21 heavy (non-hydrogen) atoms. The predicted molar refractivity (Wildman–Crippen MR) is 88.6 cm³/mol. The Bertz CT molecular complexity index is 920. The number of aromatic nitrogens is 2. The molecule has 2 N–H and O–H groups in total. The Labute approximate surface area is 126 Å². The van der Waals surface area contributed by atoms with Crippen molar-refractivity contribution in [2.24, 2.45) is 5.73 Å². The summed E-state index contributed by atoms with van der Waals surface area (Å²) in [5.41, 5.74) is 8.40. The van der Waals surface area contributed by atoms with Crippen molar-refractivity contribution < 1.29 is 0 Å². The summed E-state index contributed by atoms with van der Waals surface area (Å²) in [6, 6.07) is 16.8. The summed E-state index contributed by atoms with van der Waals surface area (Å²) >= 11 is 1.79. The van der Waals surface area contributed by atoms with Crippen LogP contribution in [0.3, 0.4) is 0 Å². The molecule has 0 radical (unpaired) electrons. The number of benzene rings is 2. The Morgan fingerprint density at radius 1 is 1.05 bits per heavy atom. The lowest BCUT2D eigenvalue weighted by Crippen LogP contribution is -2.05. The molecule has 2 aromatic heterocycles. The first-order valence-corrected chi connectivity index (χ1v) is 7.78. The van der Waals surface area contributed by atoms with Gasteiger partial charge in [0.05, 0.1) is 18.3 Å². The van der Waals surface area contributed by atoms with Gasteiger partial charge in [0.2, 0.25) is 0 Å². The van der Waals surface area contributed by atoms with E-state index < -0.39 is 0 Å². The molecule has 0 aliphatic heterocycles. The molecule has 0 aliphatic rings. The number of hydrogen-bond acceptors (Lipinski definition) is 3. The van der Waals surface area contributed by atoms with E-state index in [0.29, 0.717) is 6.54 Å². The maximum absolute atomic E-state index is 5.94. The predicted octanol–water partition coefficient (Wildman–Crippen LogP) is 3.76. The van der Waals surface area contributed by atoms with E-state index in [9.17, 15) is 0 Å².